The van der Waals surface area contributed by atoms with Crippen LogP contribution in [0, 0.1) is 0 Å². The Morgan fingerprint density at radius 1 is 1.23 bits per heavy atom. The second-order valence-corrected chi connectivity index (χ2v) is 7.89. The maximum Gasteiger partial charge on any atom is 0.240 e. The first-order valence-corrected chi connectivity index (χ1v) is 9.87. The molecule has 0 saturated carbocycles. The van der Waals surface area contributed by atoms with Gasteiger partial charge in [0.15, 0.2) is 0 Å². The van der Waals surface area contributed by atoms with Crippen LogP contribution in [0.4, 0.5) is 5.69 Å². The van der Waals surface area contributed by atoms with Gasteiger partial charge in [0, 0.05) is 24.6 Å². The highest BCUT2D eigenvalue weighted by molar-refractivity contribution is 7.92. The molecule has 0 unspecified atom stereocenters. The normalized spacial score (nSPS) is 17.1. The molecule has 0 fully saturated rings. The standard InChI is InChI=1S/C18H19N3O4S/c1-12(22)21-17(15-8-3-4-9-18(15)23)11-16(19-21)13-6-5-7-14(10-13)20-26(2,24)25/h3-10,17,20,23H,11H2,1-2H3/t17-/m1/s1. The first-order chi connectivity index (χ1) is 12.2. The number of nitrogens with zero attached hydrogens (tertiary/aromatic N) is 2. The van der Waals surface area contributed by atoms with Gasteiger partial charge in [-0.05, 0) is 23.8 Å². The summed E-state index contributed by atoms with van der Waals surface area (Å²) in [6.45, 7) is 1.42. The number of carbonyl (C=O) groups excluding carboxylic acids is 1. The molecular weight excluding hydrogens is 354 g/mol. The van der Waals surface area contributed by atoms with Gasteiger partial charge in [-0.1, -0.05) is 30.3 Å². The Kier molecular flexibility index (Phi) is 4.69. The Morgan fingerprint density at radius 3 is 2.62 bits per heavy atom. The zero-order valence-corrected chi connectivity index (χ0v) is 15.2. The van der Waals surface area contributed by atoms with Gasteiger partial charge in [-0.3, -0.25) is 9.52 Å². The molecule has 1 aliphatic rings. The summed E-state index contributed by atoms with van der Waals surface area (Å²) in [6, 6.07) is 13.3. The molecule has 136 valence electrons. The summed E-state index contributed by atoms with van der Waals surface area (Å²) >= 11 is 0. The van der Waals surface area contributed by atoms with E-state index in [4.69, 9.17) is 0 Å². The monoisotopic (exact) mass is 373 g/mol. The fourth-order valence-electron chi connectivity index (χ4n) is 2.96. The van der Waals surface area contributed by atoms with Crippen LogP contribution in [0.2, 0.25) is 0 Å². The Bertz CT molecular complexity index is 985. The van der Waals surface area contributed by atoms with Crippen molar-refractivity contribution in [3.05, 3.63) is 59.7 Å². The number of phenols is 1. The van der Waals surface area contributed by atoms with Crippen molar-refractivity contribution in [2.75, 3.05) is 11.0 Å². The maximum absolute atomic E-state index is 12.0. The topological polar surface area (TPSA) is 99.1 Å². The summed E-state index contributed by atoms with van der Waals surface area (Å²) < 4.78 is 25.3. The highest BCUT2D eigenvalue weighted by Crippen LogP contribution is 2.37. The van der Waals surface area contributed by atoms with E-state index in [-0.39, 0.29) is 11.7 Å². The van der Waals surface area contributed by atoms with E-state index < -0.39 is 16.1 Å². The predicted molar refractivity (Wildman–Crippen MR) is 99.4 cm³/mol. The van der Waals surface area contributed by atoms with Gasteiger partial charge in [0.1, 0.15) is 5.75 Å². The number of rotatable bonds is 4. The molecule has 0 radical (unpaired) electrons. The Labute approximate surface area is 152 Å². The summed E-state index contributed by atoms with van der Waals surface area (Å²) in [5.41, 5.74) is 2.40. The molecule has 1 aliphatic heterocycles. The average Bonchev–Trinajstić information content (AvgIpc) is 2.99. The van der Waals surface area contributed by atoms with Crippen LogP contribution in [-0.4, -0.2) is 36.4 Å². The van der Waals surface area contributed by atoms with Crippen molar-refractivity contribution in [1.29, 1.82) is 0 Å². The molecule has 0 spiro atoms. The first kappa shape index (κ1) is 17.9. The van der Waals surface area contributed by atoms with Crippen LogP contribution in [-0.2, 0) is 14.8 Å². The number of hydrogen-bond donors (Lipinski definition) is 2. The van der Waals surface area contributed by atoms with Gasteiger partial charge in [-0.2, -0.15) is 5.10 Å². The lowest BCUT2D eigenvalue weighted by molar-refractivity contribution is -0.130. The zero-order valence-electron chi connectivity index (χ0n) is 14.4. The van der Waals surface area contributed by atoms with Gasteiger partial charge in [-0.15, -0.1) is 0 Å². The van der Waals surface area contributed by atoms with Crippen LogP contribution in [0.25, 0.3) is 0 Å². The Morgan fingerprint density at radius 2 is 1.96 bits per heavy atom. The molecule has 0 aromatic heterocycles. The van der Waals surface area contributed by atoms with Crippen LogP contribution in [0.1, 0.15) is 30.5 Å². The Balaban J connectivity index is 1.95. The van der Waals surface area contributed by atoms with Crippen LogP contribution in [0.15, 0.2) is 53.6 Å². The molecule has 0 aliphatic carbocycles. The lowest BCUT2D eigenvalue weighted by Crippen LogP contribution is -2.24. The van der Waals surface area contributed by atoms with Gasteiger partial charge in [0.25, 0.3) is 0 Å². The lowest BCUT2D eigenvalue weighted by atomic mass is 9.97. The Hall–Kier alpha value is -2.87. The minimum atomic E-state index is -3.39. The second kappa shape index (κ2) is 6.80. The number of para-hydroxylation sites is 1. The van der Waals surface area contributed by atoms with Gasteiger partial charge in [0.05, 0.1) is 18.0 Å². The van der Waals surface area contributed by atoms with Crippen molar-refractivity contribution in [3.63, 3.8) is 0 Å². The number of anilines is 1. The maximum atomic E-state index is 12.0. The minimum absolute atomic E-state index is 0.104. The summed E-state index contributed by atoms with van der Waals surface area (Å²) in [5.74, 6) is -0.133. The van der Waals surface area contributed by atoms with E-state index in [1.165, 1.54) is 11.9 Å². The third-order valence-electron chi connectivity index (χ3n) is 4.03. The van der Waals surface area contributed by atoms with E-state index in [0.717, 1.165) is 6.26 Å². The molecule has 0 saturated heterocycles. The van der Waals surface area contributed by atoms with Gasteiger partial charge in [0.2, 0.25) is 15.9 Å². The summed E-state index contributed by atoms with van der Waals surface area (Å²) in [6.07, 6.45) is 1.50. The number of phenolic OH excluding ortho intramolecular Hbond substituents is 1. The van der Waals surface area contributed by atoms with Crippen LogP contribution in [0.3, 0.4) is 0 Å². The molecule has 1 atom stereocenters. The largest absolute Gasteiger partial charge is 0.508 e. The van der Waals surface area contributed by atoms with Crippen LogP contribution < -0.4 is 4.72 Å². The molecule has 2 aromatic rings. The van der Waals surface area contributed by atoms with E-state index in [9.17, 15) is 18.3 Å². The SMILES string of the molecule is CC(=O)N1N=C(c2cccc(NS(C)(=O)=O)c2)C[C@@H]1c1ccccc1O. The number of benzene rings is 2. The fourth-order valence-corrected chi connectivity index (χ4v) is 3.52. The number of aromatic hydroxyl groups is 1. The van der Waals surface area contributed by atoms with Gasteiger partial charge >= 0.3 is 0 Å². The molecule has 26 heavy (non-hydrogen) atoms. The summed E-state index contributed by atoms with van der Waals surface area (Å²) in [5, 5.41) is 15.9. The van der Waals surface area contributed by atoms with E-state index in [1.807, 2.05) is 0 Å². The number of sulfonamides is 1. The number of nitrogens with one attached hydrogen (secondary N) is 1. The molecule has 3 rings (SSSR count). The average molecular weight is 373 g/mol. The smallest absolute Gasteiger partial charge is 0.240 e. The van der Waals surface area contributed by atoms with E-state index >= 15 is 0 Å². The molecule has 2 aromatic carbocycles. The predicted octanol–water partition coefficient (Wildman–Crippen LogP) is 2.46. The minimum Gasteiger partial charge on any atom is -0.508 e. The van der Waals surface area contributed by atoms with Gasteiger partial charge < -0.3 is 5.11 Å². The van der Waals surface area contributed by atoms with E-state index in [0.29, 0.717) is 28.9 Å². The molecule has 1 amide bonds. The third kappa shape index (κ3) is 3.85. The molecule has 0 bridgehead atoms. The van der Waals surface area contributed by atoms with Crippen molar-refractivity contribution < 1.29 is 18.3 Å². The molecule has 7 nitrogen and oxygen atoms in total. The van der Waals surface area contributed by atoms with Crippen LogP contribution >= 0.6 is 0 Å². The van der Waals surface area contributed by atoms with Crippen LogP contribution in [0.5, 0.6) is 5.75 Å². The van der Waals surface area contributed by atoms with Crippen molar-refractivity contribution in [2.24, 2.45) is 5.10 Å². The quantitative estimate of drug-likeness (QED) is 0.860. The van der Waals surface area contributed by atoms with Gasteiger partial charge in [-0.25, -0.2) is 13.4 Å². The lowest BCUT2D eigenvalue weighted by Gasteiger charge is -2.21. The molecule has 8 heteroatoms. The zero-order chi connectivity index (χ0) is 18.9. The van der Waals surface area contributed by atoms with Crippen molar-refractivity contribution >= 4 is 27.3 Å². The molecule has 2 N–H and O–H groups in total. The third-order valence-corrected chi connectivity index (χ3v) is 4.63. The summed E-state index contributed by atoms with van der Waals surface area (Å²) in [4.78, 5) is 12.0. The molecular formula is C18H19N3O4S. The number of hydrazone groups is 1. The number of hydrogen-bond acceptors (Lipinski definition) is 5. The second-order valence-electron chi connectivity index (χ2n) is 6.14. The highest BCUT2D eigenvalue weighted by Gasteiger charge is 2.32. The number of amides is 1. The van der Waals surface area contributed by atoms with Crippen molar-refractivity contribution in [3.8, 4) is 5.75 Å². The molecule has 1 heterocycles. The van der Waals surface area contributed by atoms with Crippen molar-refractivity contribution in [2.45, 2.75) is 19.4 Å². The summed E-state index contributed by atoms with van der Waals surface area (Å²) in [7, 11) is -3.39. The number of carbonyl (C=O) groups is 1. The van der Waals surface area contributed by atoms with E-state index in [2.05, 4.69) is 9.82 Å². The fraction of sp³-hybridized carbons (Fsp3) is 0.222. The highest BCUT2D eigenvalue weighted by atomic mass is 32.2. The van der Waals surface area contributed by atoms with Crippen molar-refractivity contribution in [1.82, 2.24) is 5.01 Å². The first-order valence-electron chi connectivity index (χ1n) is 7.98. The van der Waals surface area contributed by atoms with E-state index in [1.54, 1.807) is 48.5 Å².